The number of halogens is 2. The normalized spacial score (nSPS) is 11.6. The Morgan fingerprint density at radius 3 is 2.42 bits per heavy atom. The minimum Gasteiger partial charge on any atom is -0.356 e. The fourth-order valence-electron chi connectivity index (χ4n) is 2.32. The standard InChI is InChI=1S/C18H18ClFN2O2/c1-12(23)21-9-8-17(24)22-18(13-4-2-6-15(19)10-13)14-5-3-7-16(20)11-14/h2-7,10-11,18H,8-9H2,1H3,(H,21,23)(H,22,24)/t18-/m0/s1. The lowest BCUT2D eigenvalue weighted by Crippen LogP contribution is -2.32. The van der Waals surface area contributed by atoms with Gasteiger partial charge in [0.2, 0.25) is 11.8 Å². The van der Waals surface area contributed by atoms with Crippen LogP contribution in [0, 0.1) is 5.82 Å². The molecule has 1 atom stereocenters. The summed E-state index contributed by atoms with van der Waals surface area (Å²) in [5.41, 5.74) is 1.37. The van der Waals surface area contributed by atoms with Crippen LogP contribution >= 0.6 is 11.6 Å². The van der Waals surface area contributed by atoms with Gasteiger partial charge in [-0.1, -0.05) is 35.9 Å². The molecule has 24 heavy (non-hydrogen) atoms. The highest BCUT2D eigenvalue weighted by Crippen LogP contribution is 2.25. The van der Waals surface area contributed by atoms with Crippen LogP contribution in [0.15, 0.2) is 48.5 Å². The van der Waals surface area contributed by atoms with Crippen molar-refractivity contribution in [2.75, 3.05) is 6.54 Å². The Kier molecular flexibility index (Phi) is 6.32. The highest BCUT2D eigenvalue weighted by molar-refractivity contribution is 6.30. The average molecular weight is 349 g/mol. The number of benzene rings is 2. The highest BCUT2D eigenvalue weighted by atomic mass is 35.5. The molecule has 2 rings (SSSR count). The smallest absolute Gasteiger partial charge is 0.222 e. The third kappa shape index (κ3) is 5.35. The molecule has 4 nitrogen and oxygen atoms in total. The Morgan fingerprint density at radius 1 is 1.12 bits per heavy atom. The minimum atomic E-state index is -0.524. The van der Waals surface area contributed by atoms with Gasteiger partial charge < -0.3 is 10.6 Å². The van der Waals surface area contributed by atoms with Crippen LogP contribution in [0.1, 0.15) is 30.5 Å². The van der Waals surface area contributed by atoms with Crippen molar-refractivity contribution in [3.8, 4) is 0 Å². The Balaban J connectivity index is 2.20. The monoisotopic (exact) mass is 348 g/mol. The van der Waals surface area contributed by atoms with E-state index in [2.05, 4.69) is 10.6 Å². The molecule has 2 aromatic rings. The first-order valence-corrected chi connectivity index (χ1v) is 7.88. The van der Waals surface area contributed by atoms with Gasteiger partial charge in [0, 0.05) is 24.9 Å². The molecule has 0 aliphatic heterocycles. The molecule has 2 aromatic carbocycles. The van der Waals surface area contributed by atoms with Crippen LogP contribution < -0.4 is 10.6 Å². The highest BCUT2D eigenvalue weighted by Gasteiger charge is 2.17. The summed E-state index contributed by atoms with van der Waals surface area (Å²) in [5, 5.41) is 5.96. The summed E-state index contributed by atoms with van der Waals surface area (Å²) in [6.45, 7) is 1.63. The molecule has 0 fully saturated rings. The van der Waals surface area contributed by atoms with Gasteiger partial charge in [0.1, 0.15) is 5.82 Å². The zero-order valence-corrected chi connectivity index (χ0v) is 13.9. The van der Waals surface area contributed by atoms with Gasteiger partial charge in [-0.25, -0.2) is 4.39 Å². The molecule has 126 valence electrons. The van der Waals surface area contributed by atoms with E-state index in [9.17, 15) is 14.0 Å². The van der Waals surface area contributed by atoms with Gasteiger partial charge in [-0.05, 0) is 35.4 Å². The van der Waals surface area contributed by atoms with E-state index in [4.69, 9.17) is 11.6 Å². The molecular weight excluding hydrogens is 331 g/mol. The van der Waals surface area contributed by atoms with Crippen LogP contribution in [0.3, 0.4) is 0 Å². The van der Waals surface area contributed by atoms with E-state index >= 15 is 0 Å². The van der Waals surface area contributed by atoms with E-state index in [1.807, 2.05) is 6.07 Å². The summed E-state index contributed by atoms with van der Waals surface area (Å²) < 4.78 is 13.6. The van der Waals surface area contributed by atoms with Crippen LogP contribution in [-0.4, -0.2) is 18.4 Å². The molecule has 0 bridgehead atoms. The van der Waals surface area contributed by atoms with E-state index in [1.54, 1.807) is 30.3 Å². The zero-order valence-electron chi connectivity index (χ0n) is 13.2. The maximum Gasteiger partial charge on any atom is 0.222 e. The van der Waals surface area contributed by atoms with Gasteiger partial charge >= 0.3 is 0 Å². The van der Waals surface area contributed by atoms with Gasteiger partial charge in [-0.2, -0.15) is 0 Å². The van der Waals surface area contributed by atoms with Gasteiger partial charge in [-0.3, -0.25) is 9.59 Å². The summed E-state index contributed by atoms with van der Waals surface area (Å²) in [7, 11) is 0. The van der Waals surface area contributed by atoms with Crippen molar-refractivity contribution in [1.29, 1.82) is 0 Å². The van der Waals surface area contributed by atoms with Gasteiger partial charge in [0.15, 0.2) is 0 Å². The fraction of sp³-hybridized carbons (Fsp3) is 0.222. The number of hydrogen-bond donors (Lipinski definition) is 2. The lowest BCUT2D eigenvalue weighted by Gasteiger charge is -2.20. The second-order valence-corrected chi connectivity index (χ2v) is 5.78. The second kappa shape index (κ2) is 8.45. The second-order valence-electron chi connectivity index (χ2n) is 5.34. The van der Waals surface area contributed by atoms with Crippen molar-refractivity contribution in [1.82, 2.24) is 10.6 Å². The van der Waals surface area contributed by atoms with Crippen molar-refractivity contribution in [3.63, 3.8) is 0 Å². The third-order valence-corrected chi connectivity index (χ3v) is 3.63. The molecule has 2 N–H and O–H groups in total. The van der Waals surface area contributed by atoms with Crippen molar-refractivity contribution >= 4 is 23.4 Å². The predicted octanol–water partition coefficient (Wildman–Crippen LogP) is 3.21. The van der Waals surface area contributed by atoms with Crippen molar-refractivity contribution < 1.29 is 14.0 Å². The Hall–Kier alpha value is -2.40. The predicted molar refractivity (Wildman–Crippen MR) is 91.1 cm³/mol. The molecule has 0 unspecified atom stereocenters. The van der Waals surface area contributed by atoms with E-state index in [1.165, 1.54) is 19.1 Å². The largest absolute Gasteiger partial charge is 0.356 e. The minimum absolute atomic E-state index is 0.131. The zero-order chi connectivity index (χ0) is 17.5. The number of carbonyl (C=O) groups is 2. The van der Waals surface area contributed by atoms with Gasteiger partial charge in [0.25, 0.3) is 0 Å². The lowest BCUT2D eigenvalue weighted by atomic mass is 9.98. The summed E-state index contributed by atoms with van der Waals surface area (Å²) in [6, 6.07) is 12.6. The average Bonchev–Trinajstić information content (AvgIpc) is 2.52. The summed E-state index contributed by atoms with van der Waals surface area (Å²) in [4.78, 5) is 23.0. The molecule has 6 heteroatoms. The van der Waals surface area contributed by atoms with Crippen LogP contribution in [-0.2, 0) is 9.59 Å². The third-order valence-electron chi connectivity index (χ3n) is 3.40. The Labute approximate surface area is 145 Å². The molecule has 0 saturated heterocycles. The molecule has 2 amide bonds. The molecular formula is C18H18ClFN2O2. The van der Waals surface area contributed by atoms with Crippen molar-refractivity contribution in [2.45, 2.75) is 19.4 Å². The van der Waals surface area contributed by atoms with E-state index in [0.29, 0.717) is 10.6 Å². The fourth-order valence-corrected chi connectivity index (χ4v) is 2.52. The van der Waals surface area contributed by atoms with Crippen LogP contribution in [0.25, 0.3) is 0 Å². The lowest BCUT2D eigenvalue weighted by molar-refractivity contribution is -0.122. The maximum atomic E-state index is 13.6. The van der Waals surface area contributed by atoms with Crippen LogP contribution in [0.4, 0.5) is 4.39 Å². The number of hydrogen-bond acceptors (Lipinski definition) is 2. The molecule has 0 saturated carbocycles. The SMILES string of the molecule is CC(=O)NCCC(=O)N[C@H](c1cccc(F)c1)c1cccc(Cl)c1. The number of amides is 2. The first kappa shape index (κ1) is 17.9. The molecule has 0 aromatic heterocycles. The van der Waals surface area contributed by atoms with Crippen molar-refractivity contribution in [2.24, 2.45) is 0 Å². The van der Waals surface area contributed by atoms with E-state index in [0.717, 1.165) is 5.56 Å². The quantitative estimate of drug-likeness (QED) is 0.842. The molecule has 0 aliphatic carbocycles. The maximum absolute atomic E-state index is 13.6. The summed E-state index contributed by atoms with van der Waals surface area (Å²) >= 11 is 6.03. The number of nitrogens with one attached hydrogen (secondary N) is 2. The molecule has 0 aliphatic rings. The van der Waals surface area contributed by atoms with Gasteiger partial charge in [-0.15, -0.1) is 0 Å². The Morgan fingerprint density at radius 2 is 1.79 bits per heavy atom. The topological polar surface area (TPSA) is 58.2 Å². The van der Waals surface area contributed by atoms with Crippen LogP contribution in [0.2, 0.25) is 5.02 Å². The first-order chi connectivity index (χ1) is 11.5. The first-order valence-electron chi connectivity index (χ1n) is 7.50. The molecule has 0 radical (unpaired) electrons. The van der Waals surface area contributed by atoms with E-state index in [-0.39, 0.29) is 30.6 Å². The number of carbonyl (C=O) groups excluding carboxylic acids is 2. The van der Waals surface area contributed by atoms with E-state index < -0.39 is 6.04 Å². The molecule has 0 heterocycles. The summed E-state index contributed by atoms with van der Waals surface area (Å²) in [5.74, 6) is -0.829. The molecule has 0 spiro atoms. The van der Waals surface area contributed by atoms with Crippen molar-refractivity contribution in [3.05, 3.63) is 70.5 Å². The summed E-state index contributed by atoms with van der Waals surface area (Å²) in [6.07, 6.45) is 0.131. The van der Waals surface area contributed by atoms with Gasteiger partial charge in [0.05, 0.1) is 6.04 Å². The number of rotatable bonds is 6. The van der Waals surface area contributed by atoms with Crippen LogP contribution in [0.5, 0.6) is 0 Å². The Bertz CT molecular complexity index is 691.